The van der Waals surface area contributed by atoms with E-state index in [1.807, 2.05) is 29.2 Å². The quantitative estimate of drug-likeness (QED) is 0.871. The van der Waals surface area contributed by atoms with Crippen LogP contribution in [0, 0.1) is 0 Å². The van der Waals surface area contributed by atoms with Gasteiger partial charge in [0.15, 0.2) is 6.61 Å². The Hall–Kier alpha value is -2.73. The molecule has 2 amide bonds. The highest BCUT2D eigenvalue weighted by Crippen LogP contribution is 2.22. The molecule has 2 N–H and O–H groups in total. The number of benzene rings is 2. The van der Waals surface area contributed by atoms with Gasteiger partial charge in [0.2, 0.25) is 0 Å². The van der Waals surface area contributed by atoms with Crippen molar-refractivity contribution in [3.05, 3.63) is 59.1 Å². The van der Waals surface area contributed by atoms with Crippen LogP contribution in [0.4, 0.5) is 5.69 Å². The number of primary amides is 1. The van der Waals surface area contributed by atoms with Crippen molar-refractivity contribution >= 4 is 29.1 Å². The first-order valence-corrected chi connectivity index (χ1v) is 8.72. The summed E-state index contributed by atoms with van der Waals surface area (Å²) in [6.07, 6.45) is 0. The Bertz CT molecular complexity index is 804. The summed E-state index contributed by atoms with van der Waals surface area (Å²) in [4.78, 5) is 27.6. The van der Waals surface area contributed by atoms with Gasteiger partial charge >= 0.3 is 0 Å². The van der Waals surface area contributed by atoms with Crippen LogP contribution in [-0.2, 0) is 4.79 Å². The molecule has 0 spiro atoms. The van der Waals surface area contributed by atoms with Crippen molar-refractivity contribution in [3.63, 3.8) is 0 Å². The summed E-state index contributed by atoms with van der Waals surface area (Å²) in [5.41, 5.74) is 6.67. The number of hydrogen-bond acceptors (Lipinski definition) is 4. The third-order valence-corrected chi connectivity index (χ3v) is 4.44. The van der Waals surface area contributed by atoms with Crippen LogP contribution in [0.5, 0.6) is 5.75 Å². The summed E-state index contributed by atoms with van der Waals surface area (Å²) < 4.78 is 5.27. The van der Waals surface area contributed by atoms with Crippen molar-refractivity contribution in [2.75, 3.05) is 37.7 Å². The summed E-state index contributed by atoms with van der Waals surface area (Å²) in [6.45, 7) is 2.51. The molecular formula is C19H20ClN3O3. The minimum atomic E-state index is -0.557. The molecule has 7 heteroatoms. The Labute approximate surface area is 157 Å². The highest BCUT2D eigenvalue weighted by molar-refractivity contribution is 6.30. The predicted octanol–water partition coefficient (Wildman–Crippen LogP) is 2.17. The van der Waals surface area contributed by atoms with Gasteiger partial charge in [-0.1, -0.05) is 23.7 Å². The van der Waals surface area contributed by atoms with Crippen LogP contribution < -0.4 is 15.4 Å². The highest BCUT2D eigenvalue weighted by atomic mass is 35.5. The van der Waals surface area contributed by atoms with Crippen LogP contribution in [0.2, 0.25) is 5.02 Å². The minimum absolute atomic E-state index is 0.0553. The first-order chi connectivity index (χ1) is 12.5. The number of amides is 2. The summed E-state index contributed by atoms with van der Waals surface area (Å²) >= 11 is 6.05. The van der Waals surface area contributed by atoms with Crippen molar-refractivity contribution in [2.24, 2.45) is 5.73 Å². The lowest BCUT2D eigenvalue weighted by Crippen LogP contribution is -2.48. The van der Waals surface area contributed by atoms with Gasteiger partial charge in [-0.15, -0.1) is 0 Å². The number of carbonyl (C=O) groups excluding carboxylic acids is 2. The smallest absolute Gasteiger partial charge is 0.255 e. The van der Waals surface area contributed by atoms with Gasteiger partial charge in [-0.2, -0.15) is 0 Å². The average molecular weight is 374 g/mol. The van der Waals surface area contributed by atoms with E-state index in [4.69, 9.17) is 22.1 Å². The molecule has 136 valence electrons. The first kappa shape index (κ1) is 18.1. The zero-order valence-corrected chi connectivity index (χ0v) is 15.0. The second-order valence-corrected chi connectivity index (χ2v) is 6.48. The van der Waals surface area contributed by atoms with Gasteiger partial charge in [0, 0.05) is 42.5 Å². The molecule has 2 aromatic rings. The predicted molar refractivity (Wildman–Crippen MR) is 101 cm³/mol. The normalized spacial score (nSPS) is 14.2. The van der Waals surface area contributed by atoms with E-state index in [0.717, 1.165) is 18.8 Å². The maximum absolute atomic E-state index is 12.7. The molecule has 1 aliphatic rings. The molecule has 1 saturated heterocycles. The number of nitrogens with zero attached hydrogens (tertiary/aromatic N) is 2. The number of piperazine rings is 1. The molecule has 26 heavy (non-hydrogen) atoms. The fraction of sp³-hybridized carbons (Fsp3) is 0.263. The van der Waals surface area contributed by atoms with Gasteiger partial charge in [0.1, 0.15) is 5.75 Å². The molecule has 0 saturated carbocycles. The van der Waals surface area contributed by atoms with E-state index in [0.29, 0.717) is 29.4 Å². The fourth-order valence-corrected chi connectivity index (χ4v) is 3.08. The van der Waals surface area contributed by atoms with Gasteiger partial charge in [-0.25, -0.2) is 0 Å². The van der Waals surface area contributed by atoms with Crippen LogP contribution in [-0.4, -0.2) is 49.5 Å². The van der Waals surface area contributed by atoms with Gasteiger partial charge in [0.05, 0.1) is 0 Å². The zero-order chi connectivity index (χ0) is 18.5. The van der Waals surface area contributed by atoms with Crippen molar-refractivity contribution in [1.82, 2.24) is 4.90 Å². The van der Waals surface area contributed by atoms with Crippen molar-refractivity contribution < 1.29 is 14.3 Å². The van der Waals surface area contributed by atoms with Crippen molar-refractivity contribution in [1.29, 1.82) is 0 Å². The molecule has 0 radical (unpaired) electrons. The average Bonchev–Trinajstić information content (AvgIpc) is 2.66. The van der Waals surface area contributed by atoms with E-state index in [1.165, 1.54) is 0 Å². The van der Waals surface area contributed by atoms with Gasteiger partial charge in [-0.3, -0.25) is 9.59 Å². The third-order valence-electron chi connectivity index (χ3n) is 4.20. The lowest BCUT2D eigenvalue weighted by atomic mass is 10.1. The second-order valence-electron chi connectivity index (χ2n) is 6.04. The number of ether oxygens (including phenoxy) is 1. The summed E-state index contributed by atoms with van der Waals surface area (Å²) in [7, 11) is 0. The molecule has 0 bridgehead atoms. The number of hydrogen-bond donors (Lipinski definition) is 1. The molecular weight excluding hydrogens is 354 g/mol. The van der Waals surface area contributed by atoms with Crippen molar-refractivity contribution in [2.45, 2.75) is 0 Å². The maximum atomic E-state index is 12.7. The van der Waals surface area contributed by atoms with Crippen LogP contribution in [0.3, 0.4) is 0 Å². The Morgan fingerprint density at radius 2 is 1.77 bits per heavy atom. The Morgan fingerprint density at radius 3 is 2.46 bits per heavy atom. The van der Waals surface area contributed by atoms with E-state index in [1.54, 1.807) is 24.3 Å². The van der Waals surface area contributed by atoms with E-state index in [-0.39, 0.29) is 12.5 Å². The molecule has 0 aromatic heterocycles. The highest BCUT2D eigenvalue weighted by Gasteiger charge is 2.22. The molecule has 6 nitrogen and oxygen atoms in total. The number of halogens is 1. The molecule has 0 aliphatic carbocycles. The molecule has 1 fully saturated rings. The topological polar surface area (TPSA) is 75.9 Å². The van der Waals surface area contributed by atoms with Gasteiger partial charge in [-0.05, 0) is 36.4 Å². The number of anilines is 1. The molecule has 0 unspecified atom stereocenters. The molecule has 0 atom stereocenters. The maximum Gasteiger partial charge on any atom is 0.255 e. The number of nitrogens with two attached hydrogens (primary N) is 1. The van der Waals surface area contributed by atoms with Crippen LogP contribution in [0.25, 0.3) is 0 Å². The summed E-state index contributed by atoms with van der Waals surface area (Å²) in [6, 6.07) is 14.5. The van der Waals surface area contributed by atoms with Crippen LogP contribution >= 0.6 is 11.6 Å². The van der Waals surface area contributed by atoms with E-state index >= 15 is 0 Å². The SMILES string of the molecule is NC(=O)COc1cccc(C(=O)N2CCN(c3cccc(Cl)c3)CC2)c1. The fourth-order valence-electron chi connectivity index (χ4n) is 2.90. The lowest BCUT2D eigenvalue weighted by Gasteiger charge is -2.36. The summed E-state index contributed by atoms with van der Waals surface area (Å²) in [5, 5.41) is 0.703. The van der Waals surface area contributed by atoms with E-state index in [9.17, 15) is 9.59 Å². The molecule has 1 aliphatic heterocycles. The molecule has 3 rings (SSSR count). The van der Waals surface area contributed by atoms with Gasteiger partial charge in [0.25, 0.3) is 11.8 Å². The number of rotatable bonds is 5. The monoisotopic (exact) mass is 373 g/mol. The first-order valence-electron chi connectivity index (χ1n) is 8.34. The minimum Gasteiger partial charge on any atom is -0.484 e. The zero-order valence-electron chi connectivity index (χ0n) is 14.2. The second kappa shape index (κ2) is 8.10. The Morgan fingerprint density at radius 1 is 1.04 bits per heavy atom. The third kappa shape index (κ3) is 4.46. The standard InChI is InChI=1S/C19H20ClN3O3/c20-15-4-2-5-16(12-15)22-7-9-23(10-8-22)19(25)14-3-1-6-17(11-14)26-13-18(21)24/h1-6,11-12H,7-10,13H2,(H2,21,24). The Balaban J connectivity index is 1.61. The van der Waals surface area contributed by atoms with E-state index in [2.05, 4.69) is 4.90 Å². The van der Waals surface area contributed by atoms with Crippen molar-refractivity contribution in [3.8, 4) is 5.75 Å². The number of carbonyl (C=O) groups is 2. The van der Waals surface area contributed by atoms with E-state index < -0.39 is 5.91 Å². The molecule has 2 aromatic carbocycles. The Kier molecular flexibility index (Phi) is 5.63. The summed E-state index contributed by atoms with van der Waals surface area (Å²) in [5.74, 6) is -0.161. The largest absolute Gasteiger partial charge is 0.484 e. The van der Waals surface area contributed by atoms with Crippen LogP contribution in [0.15, 0.2) is 48.5 Å². The lowest BCUT2D eigenvalue weighted by molar-refractivity contribution is -0.119. The van der Waals surface area contributed by atoms with Gasteiger partial charge < -0.3 is 20.3 Å². The van der Waals surface area contributed by atoms with Crippen LogP contribution in [0.1, 0.15) is 10.4 Å². The molecule has 1 heterocycles.